The number of imidazole rings is 1. The van der Waals surface area contributed by atoms with Crippen molar-refractivity contribution in [3.63, 3.8) is 0 Å². The summed E-state index contributed by atoms with van der Waals surface area (Å²) >= 11 is 0. The Kier molecular flexibility index (Phi) is 11.8. The minimum atomic E-state index is -1.46. The molecule has 1 fully saturated rings. The van der Waals surface area contributed by atoms with Gasteiger partial charge in [0.1, 0.15) is 29.7 Å². The summed E-state index contributed by atoms with van der Waals surface area (Å²) in [5.41, 5.74) is -0.0522. The molecule has 0 spiro atoms. The molecule has 14 heteroatoms. The van der Waals surface area contributed by atoms with Crippen LogP contribution in [0.5, 0.6) is 0 Å². The number of carbonyl (C=O) groups is 4. The number of hydrogen-bond acceptors (Lipinski definition) is 7. The number of amides is 4. The van der Waals surface area contributed by atoms with Crippen LogP contribution in [0, 0.1) is 23.0 Å². The first-order valence-electron chi connectivity index (χ1n) is 16.9. The highest BCUT2D eigenvalue weighted by molar-refractivity contribution is 6.13. The molecule has 0 radical (unpaired) electrons. The predicted molar refractivity (Wildman–Crippen MR) is 182 cm³/mol. The number of benzene rings is 2. The van der Waals surface area contributed by atoms with E-state index in [2.05, 4.69) is 10.6 Å². The van der Waals surface area contributed by atoms with Crippen molar-refractivity contribution in [1.29, 1.82) is 0 Å². The van der Waals surface area contributed by atoms with Crippen molar-refractivity contribution in [1.82, 2.24) is 30.0 Å². The maximum Gasteiger partial charge on any atom is 0.253 e. The highest BCUT2D eigenvalue weighted by Crippen LogP contribution is 2.43. The van der Waals surface area contributed by atoms with Gasteiger partial charge in [-0.2, -0.15) is 0 Å². The lowest BCUT2D eigenvalue weighted by molar-refractivity contribution is -0.146. The van der Waals surface area contributed by atoms with Crippen molar-refractivity contribution >= 4 is 23.6 Å². The molecular weight excluding hydrogens is 665 g/mol. The highest BCUT2D eigenvalue weighted by Gasteiger charge is 2.44. The second-order valence-electron chi connectivity index (χ2n) is 13.7. The number of aliphatic hydroxyl groups is 1. The first-order chi connectivity index (χ1) is 24.2. The van der Waals surface area contributed by atoms with E-state index in [0.717, 1.165) is 40.8 Å². The number of rotatable bonds is 15. The van der Waals surface area contributed by atoms with Crippen molar-refractivity contribution in [2.24, 2.45) is 11.3 Å². The van der Waals surface area contributed by atoms with E-state index < -0.39 is 64.9 Å². The highest BCUT2D eigenvalue weighted by atomic mass is 19.1. The Bertz CT molecular complexity index is 1760. The summed E-state index contributed by atoms with van der Waals surface area (Å²) in [6, 6.07) is 11.4. The van der Waals surface area contributed by atoms with E-state index in [9.17, 15) is 28.7 Å². The molecule has 0 aliphatic carbocycles. The fourth-order valence-electron chi connectivity index (χ4n) is 6.60. The molecule has 2 aliphatic rings. The standard InChI is InChI=1S/C37H43F3N6O5/c1-23(47)36(51)46(21-25-18-41-19-29(25)40)34(37(2,3)14-15-42-31(48)13-16-45-32(49)11-12-33(45)50)35-43-30(27-17-26(38)9-10-28(27)39)22-44(35)20-24-7-5-4-6-8-24/h4-12,17,22-23,25,29,34,41,47H,13-16,18-21H2,1-3H3,(H,42,48)/t23-,25-,29-,34-/m0/s1. The van der Waals surface area contributed by atoms with E-state index in [1.807, 2.05) is 44.2 Å². The summed E-state index contributed by atoms with van der Waals surface area (Å²) in [5, 5.41) is 16.5. The van der Waals surface area contributed by atoms with Crippen LogP contribution in [0.15, 0.2) is 66.9 Å². The van der Waals surface area contributed by atoms with Crippen LogP contribution in [-0.2, 0) is 25.7 Å². The number of aromatic nitrogens is 2. The topological polar surface area (TPSA) is 137 Å². The van der Waals surface area contributed by atoms with Gasteiger partial charge in [-0.25, -0.2) is 18.2 Å². The van der Waals surface area contributed by atoms with Crippen molar-refractivity contribution in [3.8, 4) is 11.3 Å². The van der Waals surface area contributed by atoms with Gasteiger partial charge in [-0.1, -0.05) is 44.2 Å². The van der Waals surface area contributed by atoms with Gasteiger partial charge >= 0.3 is 0 Å². The van der Waals surface area contributed by atoms with Gasteiger partial charge in [0.25, 0.3) is 17.7 Å². The van der Waals surface area contributed by atoms with Crippen LogP contribution >= 0.6 is 0 Å². The van der Waals surface area contributed by atoms with Crippen LogP contribution in [0.2, 0.25) is 0 Å². The SMILES string of the molecule is C[C@H](O)C(=O)N(C[C@@H]1CNC[C@@H]1F)[C@@H](c1nc(-c2cc(F)ccc2F)cn1Cc1ccccc1)C(C)(C)CCNC(=O)CCN1C(=O)C=CC1=O. The second-order valence-corrected chi connectivity index (χ2v) is 13.7. The van der Waals surface area contributed by atoms with Crippen molar-refractivity contribution in [3.05, 3.63) is 89.9 Å². The molecule has 2 aliphatic heterocycles. The average Bonchev–Trinajstić information content (AvgIpc) is 3.78. The zero-order valence-corrected chi connectivity index (χ0v) is 28.8. The molecule has 0 bridgehead atoms. The zero-order valence-electron chi connectivity index (χ0n) is 28.8. The summed E-state index contributed by atoms with van der Waals surface area (Å²) in [7, 11) is 0. The Morgan fingerprint density at radius 1 is 1.10 bits per heavy atom. The summed E-state index contributed by atoms with van der Waals surface area (Å²) in [6.45, 7) is 5.62. The van der Waals surface area contributed by atoms with Crippen LogP contribution < -0.4 is 10.6 Å². The molecule has 3 heterocycles. The molecular formula is C37H43F3N6O5. The van der Waals surface area contributed by atoms with E-state index in [0.29, 0.717) is 12.4 Å². The molecule has 5 rings (SSSR count). The van der Waals surface area contributed by atoms with Gasteiger partial charge in [-0.15, -0.1) is 0 Å². The first kappa shape index (κ1) is 37.4. The Morgan fingerprint density at radius 3 is 2.45 bits per heavy atom. The number of alkyl halides is 1. The molecule has 3 aromatic rings. The maximum absolute atomic E-state index is 15.2. The van der Waals surface area contributed by atoms with E-state index >= 15 is 8.78 Å². The number of halogens is 3. The lowest BCUT2D eigenvalue weighted by atomic mass is 9.78. The van der Waals surface area contributed by atoms with Crippen LogP contribution in [0.3, 0.4) is 0 Å². The first-order valence-corrected chi connectivity index (χ1v) is 16.9. The van der Waals surface area contributed by atoms with Gasteiger partial charge < -0.3 is 25.2 Å². The summed E-state index contributed by atoms with van der Waals surface area (Å²) < 4.78 is 46.4. The van der Waals surface area contributed by atoms with Gasteiger partial charge in [0, 0.05) is 75.5 Å². The third-order valence-electron chi connectivity index (χ3n) is 9.39. The Balaban J connectivity index is 1.53. The van der Waals surface area contributed by atoms with Crippen molar-refractivity contribution in [2.75, 3.05) is 32.7 Å². The van der Waals surface area contributed by atoms with Crippen LogP contribution in [0.25, 0.3) is 11.3 Å². The number of carbonyl (C=O) groups excluding carboxylic acids is 4. The number of imide groups is 1. The molecule has 4 atom stereocenters. The third-order valence-corrected chi connectivity index (χ3v) is 9.39. The second kappa shape index (κ2) is 16.0. The van der Waals surface area contributed by atoms with Gasteiger partial charge in [-0.3, -0.25) is 24.1 Å². The Morgan fingerprint density at radius 2 is 1.80 bits per heavy atom. The van der Waals surface area contributed by atoms with Crippen LogP contribution in [0.1, 0.15) is 51.0 Å². The third kappa shape index (κ3) is 8.92. The lowest BCUT2D eigenvalue weighted by Crippen LogP contribution is -2.50. The average molecular weight is 709 g/mol. The minimum absolute atomic E-state index is 0.0772. The normalized spacial score (nSPS) is 18.7. The van der Waals surface area contributed by atoms with E-state index in [4.69, 9.17) is 4.98 Å². The van der Waals surface area contributed by atoms with Crippen molar-refractivity contribution in [2.45, 2.75) is 58.5 Å². The van der Waals surface area contributed by atoms with Gasteiger partial charge in [0.2, 0.25) is 5.91 Å². The molecule has 0 unspecified atom stereocenters. The number of hydrogen-bond donors (Lipinski definition) is 3. The Labute approximate surface area is 294 Å². The molecule has 1 aromatic heterocycles. The molecule has 1 saturated heterocycles. The molecule has 3 N–H and O–H groups in total. The van der Waals surface area contributed by atoms with Gasteiger partial charge in [0.05, 0.1) is 11.7 Å². The molecule has 51 heavy (non-hydrogen) atoms. The van der Waals surface area contributed by atoms with Crippen molar-refractivity contribution < 1.29 is 37.5 Å². The largest absolute Gasteiger partial charge is 0.384 e. The summed E-state index contributed by atoms with van der Waals surface area (Å²) in [6.07, 6.45) is 1.28. The quantitative estimate of drug-likeness (QED) is 0.206. The molecule has 272 valence electrons. The lowest BCUT2D eigenvalue weighted by Gasteiger charge is -2.43. The maximum atomic E-state index is 15.2. The monoisotopic (exact) mass is 708 g/mol. The molecule has 0 saturated carbocycles. The minimum Gasteiger partial charge on any atom is -0.384 e. The smallest absolute Gasteiger partial charge is 0.253 e. The molecule has 4 amide bonds. The summed E-state index contributed by atoms with van der Waals surface area (Å²) in [5.74, 6) is -3.73. The predicted octanol–water partition coefficient (Wildman–Crippen LogP) is 3.53. The number of nitrogens with zero attached hydrogens (tertiary/aromatic N) is 4. The van der Waals surface area contributed by atoms with Gasteiger partial charge in [-0.05, 0) is 42.5 Å². The molecule has 2 aromatic carbocycles. The van der Waals surface area contributed by atoms with E-state index in [1.54, 1.807) is 10.8 Å². The number of aliphatic hydroxyl groups excluding tert-OH is 1. The summed E-state index contributed by atoms with van der Waals surface area (Å²) in [4.78, 5) is 57.8. The fourth-order valence-corrected chi connectivity index (χ4v) is 6.60. The van der Waals surface area contributed by atoms with Crippen LogP contribution in [0.4, 0.5) is 13.2 Å². The Hall–Kier alpha value is -4.82. The van der Waals surface area contributed by atoms with E-state index in [-0.39, 0.29) is 56.8 Å². The number of nitrogens with one attached hydrogen (secondary N) is 2. The van der Waals surface area contributed by atoms with E-state index in [1.165, 1.54) is 11.8 Å². The van der Waals surface area contributed by atoms with Crippen LogP contribution in [-0.4, -0.2) is 93.1 Å². The molecule has 11 nitrogen and oxygen atoms in total. The zero-order chi connectivity index (χ0) is 36.9. The fraction of sp³-hybridized carbons (Fsp3) is 0.432. The van der Waals surface area contributed by atoms with Gasteiger partial charge in [0.15, 0.2) is 0 Å².